The largest absolute Gasteiger partial charge is 0.573 e. The molecule has 0 fully saturated rings. The van der Waals surface area contributed by atoms with E-state index in [1.54, 1.807) is 6.07 Å². The quantitative estimate of drug-likeness (QED) is 0.641. The van der Waals surface area contributed by atoms with Crippen molar-refractivity contribution in [2.45, 2.75) is 26.3 Å². The number of aliphatic imine (C=N–C) groups is 1. The monoisotopic (exact) mass is 275 g/mol. The second-order valence-electron chi connectivity index (χ2n) is 3.78. The second-order valence-corrected chi connectivity index (χ2v) is 3.78. The van der Waals surface area contributed by atoms with Crippen molar-refractivity contribution in [1.82, 2.24) is 5.32 Å². The van der Waals surface area contributed by atoms with Crippen molar-refractivity contribution in [3.8, 4) is 5.75 Å². The summed E-state index contributed by atoms with van der Waals surface area (Å²) in [6, 6.07) is 5.84. The smallest absolute Gasteiger partial charge is 0.405 e. The Labute approximate surface area is 109 Å². The van der Waals surface area contributed by atoms with Gasteiger partial charge < -0.3 is 15.8 Å². The summed E-state index contributed by atoms with van der Waals surface area (Å²) < 4.78 is 40.5. The van der Waals surface area contributed by atoms with Crippen molar-refractivity contribution >= 4 is 5.96 Å². The van der Waals surface area contributed by atoms with Gasteiger partial charge in [-0.2, -0.15) is 0 Å². The molecule has 0 aromatic heterocycles. The summed E-state index contributed by atoms with van der Waals surface area (Å²) in [6.45, 7) is 2.65. The summed E-state index contributed by atoms with van der Waals surface area (Å²) in [5, 5.41) is 2.83. The van der Waals surface area contributed by atoms with Crippen LogP contribution in [-0.2, 0) is 6.54 Å². The minimum Gasteiger partial charge on any atom is -0.405 e. The summed E-state index contributed by atoms with van der Waals surface area (Å²) in [7, 11) is 0. The number of guanidine groups is 1. The van der Waals surface area contributed by atoms with Crippen LogP contribution < -0.4 is 15.8 Å². The molecular weight excluding hydrogens is 259 g/mol. The predicted octanol–water partition coefficient (Wildman–Crippen LogP) is 2.40. The minimum atomic E-state index is -4.72. The van der Waals surface area contributed by atoms with E-state index in [2.05, 4.69) is 15.0 Å². The molecule has 7 heteroatoms. The van der Waals surface area contributed by atoms with E-state index >= 15 is 0 Å². The number of benzene rings is 1. The van der Waals surface area contributed by atoms with Gasteiger partial charge in [-0.15, -0.1) is 13.2 Å². The third kappa shape index (κ3) is 5.98. The van der Waals surface area contributed by atoms with E-state index in [-0.39, 0.29) is 18.3 Å². The highest BCUT2D eigenvalue weighted by Crippen LogP contribution is 2.26. The fraction of sp³-hybridized carbons (Fsp3) is 0.417. The topological polar surface area (TPSA) is 59.6 Å². The predicted molar refractivity (Wildman–Crippen MR) is 66.7 cm³/mol. The van der Waals surface area contributed by atoms with Crippen LogP contribution in [0.3, 0.4) is 0 Å². The van der Waals surface area contributed by atoms with Crippen LogP contribution in [0.15, 0.2) is 29.3 Å². The van der Waals surface area contributed by atoms with Crippen molar-refractivity contribution in [2.24, 2.45) is 10.7 Å². The zero-order chi connectivity index (χ0) is 14.3. The zero-order valence-electron chi connectivity index (χ0n) is 10.5. The molecule has 0 heterocycles. The lowest BCUT2D eigenvalue weighted by Crippen LogP contribution is -2.32. The van der Waals surface area contributed by atoms with Crippen LogP contribution in [0.4, 0.5) is 13.2 Å². The van der Waals surface area contributed by atoms with Crippen LogP contribution in [0, 0.1) is 0 Å². The Morgan fingerprint density at radius 1 is 1.37 bits per heavy atom. The summed E-state index contributed by atoms with van der Waals surface area (Å²) in [5.74, 6) is -0.0642. The first-order chi connectivity index (χ1) is 8.92. The van der Waals surface area contributed by atoms with Crippen LogP contribution in [0.1, 0.15) is 18.9 Å². The molecule has 0 aliphatic carbocycles. The normalized spacial score (nSPS) is 12.3. The molecule has 0 radical (unpaired) electrons. The number of hydrogen-bond acceptors (Lipinski definition) is 2. The van der Waals surface area contributed by atoms with Crippen LogP contribution >= 0.6 is 0 Å². The van der Waals surface area contributed by atoms with E-state index in [4.69, 9.17) is 5.73 Å². The molecule has 0 amide bonds. The lowest BCUT2D eigenvalue weighted by molar-refractivity contribution is -0.274. The highest BCUT2D eigenvalue weighted by atomic mass is 19.4. The van der Waals surface area contributed by atoms with Gasteiger partial charge in [0.15, 0.2) is 5.96 Å². The number of rotatable bonds is 5. The molecule has 0 saturated carbocycles. The average Bonchev–Trinajstić information content (AvgIpc) is 2.33. The van der Waals surface area contributed by atoms with E-state index in [9.17, 15) is 13.2 Å². The fourth-order valence-corrected chi connectivity index (χ4v) is 1.34. The maximum Gasteiger partial charge on any atom is 0.573 e. The van der Waals surface area contributed by atoms with Crippen molar-refractivity contribution in [2.75, 3.05) is 6.54 Å². The molecule has 1 aromatic rings. The Morgan fingerprint density at radius 3 is 2.68 bits per heavy atom. The summed E-state index contributed by atoms with van der Waals surface area (Å²) in [6.07, 6.45) is -3.84. The molecule has 0 bridgehead atoms. The second kappa shape index (κ2) is 6.86. The highest BCUT2D eigenvalue weighted by molar-refractivity contribution is 5.77. The number of halogens is 3. The minimum absolute atomic E-state index is 0.0226. The molecule has 19 heavy (non-hydrogen) atoms. The van der Waals surface area contributed by atoms with E-state index < -0.39 is 6.36 Å². The number of ether oxygens (including phenoxy) is 1. The van der Waals surface area contributed by atoms with E-state index in [0.717, 1.165) is 6.42 Å². The van der Waals surface area contributed by atoms with Crippen LogP contribution in [-0.4, -0.2) is 18.9 Å². The highest BCUT2D eigenvalue weighted by Gasteiger charge is 2.31. The lowest BCUT2D eigenvalue weighted by Gasteiger charge is -2.12. The molecule has 1 rings (SSSR count). The molecule has 0 atom stereocenters. The first kappa shape index (κ1) is 15.1. The molecule has 0 saturated heterocycles. The van der Waals surface area contributed by atoms with Gasteiger partial charge in [0, 0.05) is 12.1 Å². The third-order valence-corrected chi connectivity index (χ3v) is 2.17. The number of alkyl halides is 3. The molecule has 4 nitrogen and oxygen atoms in total. The zero-order valence-corrected chi connectivity index (χ0v) is 10.5. The first-order valence-corrected chi connectivity index (χ1v) is 5.80. The summed E-state index contributed by atoms with van der Waals surface area (Å²) in [5.41, 5.74) is 5.88. The Kier molecular flexibility index (Phi) is 5.47. The van der Waals surface area contributed by atoms with Gasteiger partial charge >= 0.3 is 6.36 Å². The van der Waals surface area contributed by atoms with Gasteiger partial charge in [0.1, 0.15) is 5.75 Å². The molecule has 0 aliphatic heterocycles. The number of nitrogens with zero attached hydrogens (tertiary/aromatic N) is 1. The standard InChI is InChI=1S/C12H16F3N3O/c1-2-7-17-11(16)18-8-9-5-3-4-6-10(9)19-12(13,14)15/h3-6H,2,7-8H2,1H3,(H3,16,17,18). The Hall–Kier alpha value is -1.92. The van der Waals surface area contributed by atoms with E-state index in [1.807, 2.05) is 6.92 Å². The van der Waals surface area contributed by atoms with E-state index in [1.165, 1.54) is 18.2 Å². The van der Waals surface area contributed by atoms with Crippen molar-refractivity contribution in [3.05, 3.63) is 29.8 Å². The lowest BCUT2D eigenvalue weighted by atomic mass is 10.2. The Morgan fingerprint density at radius 2 is 2.05 bits per heavy atom. The van der Waals surface area contributed by atoms with Gasteiger partial charge in [0.05, 0.1) is 6.54 Å². The molecule has 0 unspecified atom stereocenters. The van der Waals surface area contributed by atoms with Gasteiger partial charge in [-0.25, -0.2) is 4.99 Å². The number of nitrogens with one attached hydrogen (secondary N) is 1. The molecule has 3 N–H and O–H groups in total. The molecule has 0 aliphatic rings. The van der Waals surface area contributed by atoms with Crippen LogP contribution in [0.5, 0.6) is 5.75 Å². The number of para-hydroxylation sites is 1. The SMILES string of the molecule is CCCNC(N)=NCc1ccccc1OC(F)(F)F. The number of hydrogen-bond donors (Lipinski definition) is 2. The molecule has 0 spiro atoms. The molecular formula is C12H16F3N3O. The van der Waals surface area contributed by atoms with Gasteiger partial charge in [-0.05, 0) is 12.5 Å². The van der Waals surface area contributed by atoms with Crippen LogP contribution in [0.2, 0.25) is 0 Å². The van der Waals surface area contributed by atoms with Gasteiger partial charge in [-0.3, -0.25) is 0 Å². The maximum absolute atomic E-state index is 12.2. The Balaban J connectivity index is 2.73. The summed E-state index contributed by atoms with van der Waals surface area (Å²) in [4.78, 5) is 3.96. The maximum atomic E-state index is 12.2. The van der Waals surface area contributed by atoms with Gasteiger partial charge in [-0.1, -0.05) is 25.1 Å². The first-order valence-electron chi connectivity index (χ1n) is 5.80. The van der Waals surface area contributed by atoms with Crippen molar-refractivity contribution < 1.29 is 17.9 Å². The van der Waals surface area contributed by atoms with E-state index in [0.29, 0.717) is 12.1 Å². The van der Waals surface area contributed by atoms with Crippen LogP contribution in [0.25, 0.3) is 0 Å². The average molecular weight is 275 g/mol. The summed E-state index contributed by atoms with van der Waals surface area (Å²) >= 11 is 0. The van der Waals surface area contributed by atoms with Crippen molar-refractivity contribution in [1.29, 1.82) is 0 Å². The van der Waals surface area contributed by atoms with Gasteiger partial charge in [0.25, 0.3) is 0 Å². The van der Waals surface area contributed by atoms with Crippen molar-refractivity contribution in [3.63, 3.8) is 0 Å². The molecule has 106 valence electrons. The molecule has 1 aromatic carbocycles. The third-order valence-electron chi connectivity index (χ3n) is 2.17. The Bertz CT molecular complexity index is 432. The number of nitrogens with two attached hydrogens (primary N) is 1. The van der Waals surface area contributed by atoms with Gasteiger partial charge in [0.2, 0.25) is 0 Å². The fourth-order valence-electron chi connectivity index (χ4n) is 1.34.